The van der Waals surface area contributed by atoms with Gasteiger partial charge in [-0.25, -0.2) is 0 Å². The lowest BCUT2D eigenvalue weighted by atomic mass is 10.6. The van der Waals surface area contributed by atoms with Crippen LogP contribution in [0.2, 0.25) is 0 Å². The van der Waals surface area contributed by atoms with E-state index in [-0.39, 0.29) is 6.61 Å². The number of aliphatic hydroxyl groups excluding tert-OH is 1. The molecule has 0 saturated carbocycles. The van der Waals surface area contributed by atoms with E-state index in [1.807, 2.05) is 0 Å². The maximum Gasteiger partial charge on any atom is 0.0806 e. The zero-order valence-electron chi connectivity index (χ0n) is 3.53. The summed E-state index contributed by atoms with van der Waals surface area (Å²) in [6.07, 6.45) is 1.55. The van der Waals surface area contributed by atoms with Crippen LogP contribution in [0, 0.1) is 0 Å². The van der Waals surface area contributed by atoms with Crippen LogP contribution in [0.25, 0.3) is 0 Å². The van der Waals surface area contributed by atoms with E-state index in [0.29, 0.717) is 0 Å². The highest BCUT2D eigenvalue weighted by molar-refractivity contribution is 7.05. The van der Waals surface area contributed by atoms with E-state index in [2.05, 4.69) is 9.59 Å². The molecular formula is C3H4N2OS. The van der Waals surface area contributed by atoms with Crippen LogP contribution in [0.4, 0.5) is 0 Å². The molecule has 0 aromatic carbocycles. The van der Waals surface area contributed by atoms with E-state index in [9.17, 15) is 0 Å². The minimum Gasteiger partial charge on any atom is -0.391 e. The summed E-state index contributed by atoms with van der Waals surface area (Å²) >= 11 is 1.21. The van der Waals surface area contributed by atoms with Gasteiger partial charge in [0.1, 0.15) is 0 Å². The van der Waals surface area contributed by atoms with Gasteiger partial charge >= 0.3 is 0 Å². The fourth-order valence-corrected chi connectivity index (χ4v) is 0.608. The Labute approximate surface area is 44.8 Å². The predicted octanol–water partition coefficient (Wildman–Crippen LogP) is 0.0304. The van der Waals surface area contributed by atoms with Crippen LogP contribution in [0.3, 0.4) is 0 Å². The third-order valence-electron chi connectivity index (χ3n) is 0.563. The first-order valence-electron chi connectivity index (χ1n) is 1.80. The van der Waals surface area contributed by atoms with Crippen molar-refractivity contribution in [3.63, 3.8) is 0 Å². The second-order valence-electron chi connectivity index (χ2n) is 1.04. The first-order chi connectivity index (χ1) is 3.43. The number of rotatable bonds is 1. The highest BCUT2D eigenvalue weighted by Gasteiger charge is 1.87. The predicted molar refractivity (Wildman–Crippen MR) is 25.8 cm³/mol. The van der Waals surface area contributed by atoms with Gasteiger partial charge in [0.2, 0.25) is 0 Å². The molecule has 0 atom stereocenters. The summed E-state index contributed by atoms with van der Waals surface area (Å²) in [4.78, 5) is 0.806. The standard InChI is InChI=1S/C3H4N2OS/c6-2-3-1-4-5-7-3/h1,6H,2H2. The second kappa shape index (κ2) is 1.99. The van der Waals surface area contributed by atoms with Gasteiger partial charge in [-0.1, -0.05) is 4.49 Å². The molecule has 0 amide bonds. The monoisotopic (exact) mass is 116 g/mol. The fraction of sp³-hybridized carbons (Fsp3) is 0.333. The van der Waals surface area contributed by atoms with Crippen molar-refractivity contribution in [2.45, 2.75) is 6.61 Å². The molecule has 0 bridgehead atoms. The van der Waals surface area contributed by atoms with Gasteiger partial charge in [0.05, 0.1) is 17.7 Å². The molecule has 0 unspecified atom stereocenters. The number of hydrogen-bond acceptors (Lipinski definition) is 4. The van der Waals surface area contributed by atoms with Gasteiger partial charge in [-0.05, 0) is 11.5 Å². The van der Waals surface area contributed by atoms with Crippen LogP contribution in [-0.4, -0.2) is 14.7 Å². The Morgan fingerprint density at radius 1 is 1.86 bits per heavy atom. The molecule has 0 radical (unpaired) electrons. The molecule has 0 saturated heterocycles. The third-order valence-corrected chi connectivity index (χ3v) is 1.21. The van der Waals surface area contributed by atoms with E-state index < -0.39 is 0 Å². The van der Waals surface area contributed by atoms with Crippen LogP contribution < -0.4 is 0 Å². The van der Waals surface area contributed by atoms with Crippen LogP contribution in [-0.2, 0) is 6.61 Å². The van der Waals surface area contributed by atoms with Crippen LogP contribution in [0.15, 0.2) is 6.20 Å². The maximum atomic E-state index is 8.36. The second-order valence-corrected chi connectivity index (χ2v) is 1.91. The van der Waals surface area contributed by atoms with Crippen molar-refractivity contribution in [2.75, 3.05) is 0 Å². The van der Waals surface area contributed by atoms with Gasteiger partial charge in [0, 0.05) is 0 Å². The molecule has 4 heteroatoms. The molecule has 1 aromatic heterocycles. The summed E-state index contributed by atoms with van der Waals surface area (Å²) in [6.45, 7) is 0.0532. The Hall–Kier alpha value is -0.480. The molecule has 1 N–H and O–H groups in total. The molecule has 0 aliphatic carbocycles. The summed E-state index contributed by atoms with van der Waals surface area (Å²) in [5.74, 6) is 0. The van der Waals surface area contributed by atoms with E-state index in [1.54, 1.807) is 6.20 Å². The summed E-state index contributed by atoms with van der Waals surface area (Å²) in [6, 6.07) is 0. The highest BCUT2D eigenvalue weighted by atomic mass is 32.1. The quantitative estimate of drug-likeness (QED) is 0.563. The highest BCUT2D eigenvalue weighted by Crippen LogP contribution is 1.98. The van der Waals surface area contributed by atoms with Gasteiger partial charge in [-0.3, -0.25) is 0 Å². The molecule has 1 rings (SSSR count). The van der Waals surface area contributed by atoms with E-state index in [4.69, 9.17) is 5.11 Å². The topological polar surface area (TPSA) is 46.0 Å². The number of aromatic nitrogens is 2. The Morgan fingerprint density at radius 2 is 2.71 bits per heavy atom. The van der Waals surface area contributed by atoms with Gasteiger partial charge in [-0.2, -0.15) is 0 Å². The zero-order chi connectivity index (χ0) is 5.11. The molecule has 3 nitrogen and oxygen atoms in total. The first-order valence-corrected chi connectivity index (χ1v) is 2.58. The lowest BCUT2D eigenvalue weighted by Gasteiger charge is -1.74. The Bertz CT molecular complexity index is 127. The van der Waals surface area contributed by atoms with E-state index in [1.165, 1.54) is 11.5 Å². The van der Waals surface area contributed by atoms with Crippen LogP contribution >= 0.6 is 11.5 Å². The van der Waals surface area contributed by atoms with Crippen molar-refractivity contribution < 1.29 is 5.11 Å². The number of aliphatic hydroxyl groups is 1. The number of nitrogens with zero attached hydrogens (tertiary/aromatic N) is 2. The lowest BCUT2D eigenvalue weighted by Crippen LogP contribution is -1.70. The van der Waals surface area contributed by atoms with E-state index >= 15 is 0 Å². The number of hydrogen-bond donors (Lipinski definition) is 1. The Morgan fingerprint density at radius 3 is 3.00 bits per heavy atom. The largest absolute Gasteiger partial charge is 0.391 e. The van der Waals surface area contributed by atoms with Crippen molar-refractivity contribution in [2.24, 2.45) is 0 Å². The molecule has 7 heavy (non-hydrogen) atoms. The van der Waals surface area contributed by atoms with Gasteiger partial charge in [0.15, 0.2) is 0 Å². The lowest BCUT2D eigenvalue weighted by molar-refractivity contribution is 0.285. The minimum absolute atomic E-state index is 0.0532. The maximum absolute atomic E-state index is 8.36. The zero-order valence-corrected chi connectivity index (χ0v) is 4.35. The first kappa shape index (κ1) is 4.67. The van der Waals surface area contributed by atoms with Crippen molar-refractivity contribution in [1.82, 2.24) is 9.59 Å². The molecule has 1 heterocycles. The van der Waals surface area contributed by atoms with Gasteiger partial charge < -0.3 is 5.11 Å². The SMILES string of the molecule is OCc1cnns1. The summed E-state index contributed by atoms with van der Waals surface area (Å²) in [5, 5.41) is 11.9. The molecule has 38 valence electrons. The molecule has 0 aliphatic heterocycles. The summed E-state index contributed by atoms with van der Waals surface area (Å²) < 4.78 is 3.52. The van der Waals surface area contributed by atoms with Crippen molar-refractivity contribution in [3.8, 4) is 0 Å². The average molecular weight is 116 g/mol. The summed E-state index contributed by atoms with van der Waals surface area (Å²) in [7, 11) is 0. The Balaban J connectivity index is 2.76. The minimum atomic E-state index is 0.0532. The van der Waals surface area contributed by atoms with Gasteiger partial charge in [-0.15, -0.1) is 5.10 Å². The fourth-order valence-electron chi connectivity index (χ4n) is 0.257. The van der Waals surface area contributed by atoms with Crippen LogP contribution in [0.1, 0.15) is 4.88 Å². The van der Waals surface area contributed by atoms with Crippen LogP contribution in [0.5, 0.6) is 0 Å². The van der Waals surface area contributed by atoms with Crippen molar-refractivity contribution in [1.29, 1.82) is 0 Å². The molecule has 0 spiro atoms. The van der Waals surface area contributed by atoms with Crippen molar-refractivity contribution >= 4 is 11.5 Å². The Kier molecular flexibility index (Phi) is 1.33. The molecule has 0 aliphatic rings. The summed E-state index contributed by atoms with van der Waals surface area (Å²) in [5.41, 5.74) is 0. The smallest absolute Gasteiger partial charge is 0.0806 e. The third kappa shape index (κ3) is 0.942. The van der Waals surface area contributed by atoms with Crippen molar-refractivity contribution in [3.05, 3.63) is 11.1 Å². The molecular weight excluding hydrogens is 112 g/mol. The average Bonchev–Trinajstić information content (AvgIpc) is 2.14. The normalized spacial score (nSPS) is 9.29. The molecule has 1 aromatic rings. The molecule has 0 fully saturated rings. The van der Waals surface area contributed by atoms with E-state index in [0.717, 1.165) is 4.88 Å². The van der Waals surface area contributed by atoms with Gasteiger partial charge in [0.25, 0.3) is 0 Å².